The van der Waals surface area contributed by atoms with Gasteiger partial charge in [-0.15, -0.1) is 0 Å². The molecule has 2 nitrogen and oxygen atoms in total. The highest BCUT2D eigenvalue weighted by Crippen LogP contribution is 2.25. The third-order valence-corrected chi connectivity index (χ3v) is 3.82. The molecule has 1 N–H and O–H groups in total. The molecule has 19 heavy (non-hydrogen) atoms. The lowest BCUT2D eigenvalue weighted by Gasteiger charge is -2.21. The molecule has 0 aliphatic heterocycles. The summed E-state index contributed by atoms with van der Waals surface area (Å²) < 4.78 is 14.2. The number of aromatic nitrogens is 1. The van der Waals surface area contributed by atoms with E-state index in [0.717, 1.165) is 10.0 Å². The average Bonchev–Trinajstić information content (AvgIpc) is 2.39. The van der Waals surface area contributed by atoms with Crippen molar-refractivity contribution in [2.75, 3.05) is 0 Å². The zero-order chi connectivity index (χ0) is 13.8. The van der Waals surface area contributed by atoms with Crippen molar-refractivity contribution in [3.63, 3.8) is 0 Å². The van der Waals surface area contributed by atoms with Crippen LogP contribution in [0.15, 0.2) is 47.2 Å². The summed E-state index contributed by atoms with van der Waals surface area (Å²) >= 11 is 3.54. The summed E-state index contributed by atoms with van der Waals surface area (Å²) in [6.45, 7) is 4.09. The van der Waals surface area contributed by atoms with Gasteiger partial charge in [-0.05, 0) is 37.1 Å². The minimum Gasteiger partial charge on any atom is -0.304 e. The number of hydrogen-bond donors (Lipinski definition) is 1. The minimum atomic E-state index is -0.306. The first-order valence-corrected chi connectivity index (χ1v) is 6.98. The molecule has 0 aliphatic carbocycles. The summed E-state index contributed by atoms with van der Waals surface area (Å²) in [7, 11) is 0. The van der Waals surface area contributed by atoms with E-state index in [2.05, 4.69) is 39.2 Å². The second-order valence-corrected chi connectivity index (χ2v) is 5.42. The summed E-state index contributed by atoms with van der Waals surface area (Å²) in [5.41, 5.74) is 2.03. The van der Waals surface area contributed by atoms with Crippen LogP contribution in [0.5, 0.6) is 0 Å². The number of rotatable bonds is 4. The third kappa shape index (κ3) is 3.61. The minimum absolute atomic E-state index is 0.0327. The fourth-order valence-corrected chi connectivity index (χ4v) is 2.68. The quantitative estimate of drug-likeness (QED) is 0.902. The predicted octanol–water partition coefficient (Wildman–Crippen LogP) is 4.40. The van der Waals surface area contributed by atoms with Crippen molar-refractivity contribution in [3.05, 3.63) is 64.1 Å². The number of benzene rings is 1. The molecule has 1 aromatic heterocycles. The molecule has 0 saturated heterocycles. The summed E-state index contributed by atoms with van der Waals surface area (Å²) in [6, 6.07) is 9.78. The number of pyridine rings is 1. The van der Waals surface area contributed by atoms with Gasteiger partial charge in [0.15, 0.2) is 0 Å². The van der Waals surface area contributed by atoms with Crippen molar-refractivity contribution in [2.24, 2.45) is 0 Å². The van der Waals surface area contributed by atoms with Crippen molar-refractivity contribution < 1.29 is 4.39 Å². The SMILES string of the molecule is CC(N[C@H](C)c1ccccc1Br)c1cncc(F)c1. The highest BCUT2D eigenvalue weighted by Gasteiger charge is 2.13. The second-order valence-electron chi connectivity index (χ2n) is 4.57. The Morgan fingerprint density at radius 2 is 1.89 bits per heavy atom. The predicted molar refractivity (Wildman–Crippen MR) is 78.3 cm³/mol. The molecule has 100 valence electrons. The van der Waals surface area contributed by atoms with Crippen LogP contribution in [-0.4, -0.2) is 4.98 Å². The molecule has 1 unspecified atom stereocenters. The molecule has 1 aromatic carbocycles. The molecule has 2 aromatic rings. The van der Waals surface area contributed by atoms with E-state index in [1.807, 2.05) is 25.1 Å². The maximum absolute atomic E-state index is 13.2. The molecule has 0 radical (unpaired) electrons. The molecule has 1 heterocycles. The zero-order valence-electron chi connectivity index (χ0n) is 10.9. The highest BCUT2D eigenvalue weighted by molar-refractivity contribution is 9.10. The van der Waals surface area contributed by atoms with Gasteiger partial charge < -0.3 is 5.32 Å². The molecule has 2 rings (SSSR count). The van der Waals surface area contributed by atoms with Gasteiger partial charge in [0.2, 0.25) is 0 Å². The van der Waals surface area contributed by atoms with E-state index in [-0.39, 0.29) is 17.9 Å². The third-order valence-electron chi connectivity index (χ3n) is 3.10. The maximum Gasteiger partial charge on any atom is 0.141 e. The van der Waals surface area contributed by atoms with Gasteiger partial charge in [-0.3, -0.25) is 4.98 Å². The smallest absolute Gasteiger partial charge is 0.141 e. The molecule has 0 aliphatic rings. The summed E-state index contributed by atoms with van der Waals surface area (Å²) in [5, 5.41) is 3.44. The Bertz CT molecular complexity index is 559. The summed E-state index contributed by atoms with van der Waals surface area (Å²) in [6.07, 6.45) is 2.90. The van der Waals surface area contributed by atoms with E-state index in [4.69, 9.17) is 0 Å². The Balaban J connectivity index is 2.11. The van der Waals surface area contributed by atoms with Crippen molar-refractivity contribution in [1.29, 1.82) is 0 Å². The van der Waals surface area contributed by atoms with E-state index < -0.39 is 0 Å². The van der Waals surface area contributed by atoms with Gasteiger partial charge in [0.25, 0.3) is 0 Å². The molecule has 0 fully saturated rings. The molecule has 0 spiro atoms. The van der Waals surface area contributed by atoms with Gasteiger partial charge in [-0.2, -0.15) is 0 Å². The number of nitrogens with zero attached hydrogens (tertiary/aromatic N) is 1. The van der Waals surface area contributed by atoms with Crippen LogP contribution in [-0.2, 0) is 0 Å². The van der Waals surface area contributed by atoms with Crippen LogP contribution in [0.25, 0.3) is 0 Å². The second kappa shape index (κ2) is 6.26. The van der Waals surface area contributed by atoms with E-state index in [1.54, 1.807) is 6.20 Å². The van der Waals surface area contributed by atoms with Crippen molar-refractivity contribution in [2.45, 2.75) is 25.9 Å². The number of nitrogens with one attached hydrogen (secondary N) is 1. The van der Waals surface area contributed by atoms with Crippen LogP contribution in [0.4, 0.5) is 4.39 Å². The topological polar surface area (TPSA) is 24.9 Å². The fourth-order valence-electron chi connectivity index (χ4n) is 2.05. The Morgan fingerprint density at radius 3 is 2.58 bits per heavy atom. The van der Waals surface area contributed by atoms with Crippen LogP contribution in [0, 0.1) is 5.82 Å². The van der Waals surface area contributed by atoms with Crippen LogP contribution >= 0.6 is 15.9 Å². The van der Waals surface area contributed by atoms with E-state index >= 15 is 0 Å². The van der Waals surface area contributed by atoms with Gasteiger partial charge in [0.05, 0.1) is 6.20 Å². The summed E-state index contributed by atoms with van der Waals surface area (Å²) in [5.74, 6) is -0.306. The molecule has 2 atom stereocenters. The Kier molecular flexibility index (Phi) is 4.66. The maximum atomic E-state index is 13.2. The van der Waals surface area contributed by atoms with Crippen molar-refractivity contribution >= 4 is 15.9 Å². The van der Waals surface area contributed by atoms with Crippen LogP contribution < -0.4 is 5.32 Å². The normalized spacial score (nSPS) is 14.1. The first-order chi connectivity index (χ1) is 9.08. The van der Waals surface area contributed by atoms with Gasteiger partial charge in [0, 0.05) is 22.8 Å². The largest absolute Gasteiger partial charge is 0.304 e. The van der Waals surface area contributed by atoms with Crippen LogP contribution in [0.3, 0.4) is 0 Å². The molecular weight excluding hydrogens is 307 g/mol. The van der Waals surface area contributed by atoms with Crippen LogP contribution in [0.1, 0.15) is 37.1 Å². The van der Waals surface area contributed by atoms with Crippen molar-refractivity contribution in [1.82, 2.24) is 10.3 Å². The molecule has 0 saturated carbocycles. The van der Waals surface area contributed by atoms with E-state index in [0.29, 0.717) is 0 Å². The van der Waals surface area contributed by atoms with E-state index in [1.165, 1.54) is 17.8 Å². The monoisotopic (exact) mass is 322 g/mol. The zero-order valence-corrected chi connectivity index (χ0v) is 12.5. The van der Waals surface area contributed by atoms with Crippen molar-refractivity contribution in [3.8, 4) is 0 Å². The van der Waals surface area contributed by atoms with Gasteiger partial charge in [-0.25, -0.2) is 4.39 Å². The lowest BCUT2D eigenvalue weighted by atomic mass is 10.1. The Hall–Kier alpha value is -1.26. The van der Waals surface area contributed by atoms with Gasteiger partial charge in [-0.1, -0.05) is 34.1 Å². The first-order valence-electron chi connectivity index (χ1n) is 6.19. The molecule has 0 amide bonds. The first kappa shape index (κ1) is 14.2. The van der Waals surface area contributed by atoms with Crippen LogP contribution in [0.2, 0.25) is 0 Å². The average molecular weight is 323 g/mol. The Labute approximate surface area is 121 Å². The Morgan fingerprint density at radius 1 is 1.16 bits per heavy atom. The molecular formula is C15H16BrFN2. The van der Waals surface area contributed by atoms with Gasteiger partial charge in [0.1, 0.15) is 5.82 Å². The number of hydrogen-bond acceptors (Lipinski definition) is 2. The van der Waals surface area contributed by atoms with E-state index in [9.17, 15) is 4.39 Å². The standard InChI is InChI=1S/C15H16BrFN2/c1-10(12-7-13(17)9-18-8-12)19-11(2)14-5-3-4-6-15(14)16/h3-11,19H,1-2H3/t10?,11-/m1/s1. The molecule has 0 bridgehead atoms. The van der Waals surface area contributed by atoms with Gasteiger partial charge >= 0.3 is 0 Å². The molecule has 4 heteroatoms. The number of halogens is 2. The fraction of sp³-hybridized carbons (Fsp3) is 0.267. The highest BCUT2D eigenvalue weighted by atomic mass is 79.9. The lowest BCUT2D eigenvalue weighted by Crippen LogP contribution is -2.23. The lowest BCUT2D eigenvalue weighted by molar-refractivity contribution is 0.489. The summed E-state index contributed by atoms with van der Waals surface area (Å²) in [4.78, 5) is 3.88.